The summed E-state index contributed by atoms with van der Waals surface area (Å²) < 4.78 is 2.12. The van der Waals surface area contributed by atoms with Crippen molar-refractivity contribution in [1.82, 2.24) is 14.8 Å². The van der Waals surface area contributed by atoms with Gasteiger partial charge < -0.3 is 10.2 Å². The quantitative estimate of drug-likeness (QED) is 0.435. The van der Waals surface area contributed by atoms with Crippen LogP contribution in [0, 0.1) is 0 Å². The van der Waals surface area contributed by atoms with E-state index in [4.69, 9.17) is 23.2 Å². The van der Waals surface area contributed by atoms with Gasteiger partial charge in [-0.15, -0.1) is 10.2 Å². The van der Waals surface area contributed by atoms with Gasteiger partial charge in [-0.2, -0.15) is 0 Å². The lowest BCUT2D eigenvalue weighted by molar-refractivity contribution is -0.893. The number of nitrogens with one attached hydrogen (secondary N) is 2. The van der Waals surface area contributed by atoms with Crippen LogP contribution < -0.4 is 10.2 Å². The number of rotatable bonds is 9. The third-order valence-corrected chi connectivity index (χ3v) is 6.83. The second-order valence-electron chi connectivity index (χ2n) is 7.82. The van der Waals surface area contributed by atoms with E-state index in [-0.39, 0.29) is 11.9 Å². The maximum Gasteiger partial charge on any atom is 0.237 e. The molecule has 0 saturated carbocycles. The van der Waals surface area contributed by atoms with E-state index < -0.39 is 5.25 Å². The molecule has 0 saturated heterocycles. The second kappa shape index (κ2) is 11.2. The SMILES string of the molecule is CC[C@H](c1nnc(S[C@H](C)C(=O)Nc2cc(Cl)ccc2Cl)n1Cc1ccccc1)[NH+](C)C. The van der Waals surface area contributed by atoms with Crippen LogP contribution in [0.2, 0.25) is 10.0 Å². The predicted molar refractivity (Wildman–Crippen MR) is 132 cm³/mol. The minimum atomic E-state index is -0.414. The number of hydrogen-bond acceptors (Lipinski definition) is 4. The molecule has 170 valence electrons. The molecule has 0 aliphatic rings. The first-order chi connectivity index (χ1) is 15.3. The zero-order chi connectivity index (χ0) is 23.3. The molecule has 6 nitrogen and oxygen atoms in total. The lowest BCUT2D eigenvalue weighted by Crippen LogP contribution is -3.06. The highest BCUT2D eigenvalue weighted by Gasteiger charge is 2.27. The van der Waals surface area contributed by atoms with Crippen LogP contribution in [0.25, 0.3) is 0 Å². The van der Waals surface area contributed by atoms with Crippen molar-refractivity contribution in [3.8, 4) is 0 Å². The van der Waals surface area contributed by atoms with Gasteiger partial charge in [0.05, 0.1) is 36.6 Å². The van der Waals surface area contributed by atoms with Crippen LogP contribution in [0.4, 0.5) is 5.69 Å². The summed E-state index contributed by atoms with van der Waals surface area (Å²) in [4.78, 5) is 14.1. The Hall–Kier alpha value is -2.06. The van der Waals surface area contributed by atoms with Crippen molar-refractivity contribution in [1.29, 1.82) is 0 Å². The fraction of sp³-hybridized carbons (Fsp3) is 0.348. The van der Waals surface area contributed by atoms with E-state index in [1.165, 1.54) is 16.7 Å². The van der Waals surface area contributed by atoms with Crippen LogP contribution in [0.3, 0.4) is 0 Å². The van der Waals surface area contributed by atoms with Gasteiger partial charge in [0.2, 0.25) is 5.91 Å². The highest BCUT2D eigenvalue weighted by Crippen LogP contribution is 2.29. The van der Waals surface area contributed by atoms with Crippen molar-refractivity contribution in [3.63, 3.8) is 0 Å². The molecule has 0 bridgehead atoms. The number of quaternary nitrogens is 1. The summed E-state index contributed by atoms with van der Waals surface area (Å²) in [6.45, 7) is 4.63. The number of benzene rings is 2. The van der Waals surface area contributed by atoms with Gasteiger partial charge in [-0.1, -0.05) is 72.2 Å². The lowest BCUT2D eigenvalue weighted by Gasteiger charge is -2.21. The molecule has 0 unspecified atom stereocenters. The highest BCUT2D eigenvalue weighted by atomic mass is 35.5. The topological polar surface area (TPSA) is 64.2 Å². The minimum Gasteiger partial charge on any atom is -0.331 e. The van der Waals surface area contributed by atoms with Gasteiger partial charge in [-0.25, -0.2) is 0 Å². The fourth-order valence-electron chi connectivity index (χ4n) is 3.45. The summed E-state index contributed by atoms with van der Waals surface area (Å²) in [5.74, 6) is 0.740. The Morgan fingerprint density at radius 1 is 1.16 bits per heavy atom. The molecule has 1 heterocycles. The Bertz CT molecular complexity index is 1060. The van der Waals surface area contributed by atoms with Crippen molar-refractivity contribution in [2.24, 2.45) is 0 Å². The third-order valence-electron chi connectivity index (χ3n) is 5.18. The van der Waals surface area contributed by atoms with E-state index in [0.717, 1.165) is 17.8 Å². The molecule has 1 aromatic heterocycles. The van der Waals surface area contributed by atoms with Crippen LogP contribution in [0.5, 0.6) is 0 Å². The van der Waals surface area contributed by atoms with Gasteiger partial charge >= 0.3 is 0 Å². The average Bonchev–Trinajstić information content (AvgIpc) is 3.13. The molecule has 0 radical (unpaired) electrons. The molecule has 2 atom stereocenters. The minimum absolute atomic E-state index is 0.180. The molecule has 2 N–H and O–H groups in total. The van der Waals surface area contributed by atoms with Crippen molar-refractivity contribution >= 4 is 46.6 Å². The average molecular weight is 493 g/mol. The van der Waals surface area contributed by atoms with Gasteiger partial charge in [0.1, 0.15) is 6.04 Å². The van der Waals surface area contributed by atoms with E-state index in [2.05, 4.69) is 53.2 Å². The zero-order valence-corrected chi connectivity index (χ0v) is 20.9. The van der Waals surface area contributed by atoms with Gasteiger partial charge in [0.15, 0.2) is 11.0 Å². The first kappa shape index (κ1) is 24.6. The van der Waals surface area contributed by atoms with Gasteiger partial charge in [-0.3, -0.25) is 9.36 Å². The number of thioether (sulfide) groups is 1. The molecule has 0 aliphatic heterocycles. The van der Waals surface area contributed by atoms with Crippen LogP contribution in [0.15, 0.2) is 53.7 Å². The molecule has 3 rings (SSSR count). The normalized spacial score (nSPS) is 13.2. The van der Waals surface area contributed by atoms with Crippen LogP contribution in [-0.2, 0) is 11.3 Å². The van der Waals surface area contributed by atoms with Crippen molar-refractivity contribution in [2.75, 3.05) is 19.4 Å². The number of anilines is 1. The number of aromatic nitrogens is 3. The van der Waals surface area contributed by atoms with E-state index in [1.54, 1.807) is 18.2 Å². The summed E-state index contributed by atoms with van der Waals surface area (Å²) >= 11 is 13.6. The smallest absolute Gasteiger partial charge is 0.237 e. The third kappa shape index (κ3) is 6.04. The lowest BCUT2D eigenvalue weighted by atomic mass is 10.2. The molecule has 0 spiro atoms. The van der Waals surface area contributed by atoms with Crippen LogP contribution >= 0.6 is 35.0 Å². The molecule has 2 aromatic carbocycles. The summed E-state index contributed by atoms with van der Waals surface area (Å²) in [6, 6.07) is 15.4. The molecule has 32 heavy (non-hydrogen) atoms. The van der Waals surface area contributed by atoms with Gasteiger partial charge in [0.25, 0.3) is 0 Å². The zero-order valence-electron chi connectivity index (χ0n) is 18.6. The molecule has 9 heteroatoms. The molecule has 0 aliphatic carbocycles. The Labute approximate surface area is 203 Å². The summed E-state index contributed by atoms with van der Waals surface area (Å²) in [6.07, 6.45) is 0.934. The molecule has 1 amide bonds. The first-order valence-corrected chi connectivity index (χ1v) is 12.1. The predicted octanol–water partition coefficient (Wildman–Crippen LogP) is 4.35. The Morgan fingerprint density at radius 3 is 2.53 bits per heavy atom. The second-order valence-corrected chi connectivity index (χ2v) is 9.98. The maximum absolute atomic E-state index is 12.9. The van der Waals surface area contributed by atoms with Crippen molar-refractivity contribution < 1.29 is 9.69 Å². The van der Waals surface area contributed by atoms with Gasteiger partial charge in [0, 0.05) is 11.4 Å². The first-order valence-electron chi connectivity index (χ1n) is 10.5. The van der Waals surface area contributed by atoms with Crippen molar-refractivity contribution in [3.05, 3.63) is 70.0 Å². The van der Waals surface area contributed by atoms with Crippen LogP contribution in [0.1, 0.15) is 37.7 Å². The summed E-state index contributed by atoms with van der Waals surface area (Å²) in [7, 11) is 4.24. The van der Waals surface area contributed by atoms with Crippen molar-refractivity contribution in [2.45, 2.75) is 43.3 Å². The number of carbonyl (C=O) groups is 1. The largest absolute Gasteiger partial charge is 0.331 e. The molecular weight excluding hydrogens is 465 g/mol. The fourth-order valence-corrected chi connectivity index (χ4v) is 4.64. The van der Waals surface area contributed by atoms with E-state index in [1.807, 2.05) is 25.1 Å². The van der Waals surface area contributed by atoms with E-state index in [0.29, 0.717) is 27.4 Å². The van der Waals surface area contributed by atoms with E-state index >= 15 is 0 Å². The number of amides is 1. The van der Waals surface area contributed by atoms with E-state index in [9.17, 15) is 4.79 Å². The highest BCUT2D eigenvalue weighted by molar-refractivity contribution is 8.00. The Kier molecular flexibility index (Phi) is 8.59. The van der Waals surface area contributed by atoms with Crippen LogP contribution in [-0.4, -0.2) is 40.0 Å². The number of nitrogens with zero attached hydrogens (tertiary/aromatic N) is 3. The molecule has 3 aromatic rings. The molecular formula is C23H28Cl2N5OS+. The Balaban J connectivity index is 1.85. The number of carbonyl (C=O) groups excluding carboxylic acids is 1. The number of halogens is 2. The summed E-state index contributed by atoms with van der Waals surface area (Å²) in [5.41, 5.74) is 1.65. The standard InChI is InChI=1S/C23H27Cl2N5OS/c1-5-20(29(3)4)21-27-28-23(30(21)14-16-9-7-6-8-10-16)32-15(2)22(31)26-19-13-17(24)11-12-18(19)25/h6-13,15,20H,5,14H2,1-4H3,(H,26,31)/p+1/t15-,20-/m1/s1. The molecule has 0 fully saturated rings. The maximum atomic E-state index is 12.9. The summed E-state index contributed by atoms with van der Waals surface area (Å²) in [5, 5.41) is 13.1. The number of hydrogen-bond donors (Lipinski definition) is 2. The monoisotopic (exact) mass is 492 g/mol. The Morgan fingerprint density at radius 2 is 1.88 bits per heavy atom. The van der Waals surface area contributed by atoms with Gasteiger partial charge in [-0.05, 0) is 30.7 Å².